The summed E-state index contributed by atoms with van der Waals surface area (Å²) in [4.78, 5) is 17.7. The van der Waals surface area contributed by atoms with Gasteiger partial charge in [-0.1, -0.05) is 52.5 Å². The fraction of sp³-hybridized carbons (Fsp3) is 0.586. The zero-order chi connectivity index (χ0) is 28.7. The van der Waals surface area contributed by atoms with E-state index in [0.717, 1.165) is 16.3 Å². The van der Waals surface area contributed by atoms with E-state index in [0.29, 0.717) is 25.1 Å². The van der Waals surface area contributed by atoms with Crippen molar-refractivity contribution in [2.45, 2.75) is 85.2 Å². The van der Waals surface area contributed by atoms with Gasteiger partial charge in [0, 0.05) is 47.6 Å². The van der Waals surface area contributed by atoms with Crippen molar-refractivity contribution in [2.75, 3.05) is 7.05 Å². The number of hydrogen-bond donors (Lipinski definition) is 2. The molecule has 5 nitrogen and oxygen atoms in total. The van der Waals surface area contributed by atoms with Gasteiger partial charge in [-0.3, -0.25) is 4.79 Å². The minimum atomic E-state index is -4.51. The van der Waals surface area contributed by atoms with E-state index >= 15 is 0 Å². The van der Waals surface area contributed by atoms with E-state index in [9.17, 15) is 23.1 Å². The van der Waals surface area contributed by atoms with Crippen LogP contribution in [0.2, 0.25) is 0 Å². The Kier molecular flexibility index (Phi) is 11.5. The molecule has 0 spiro atoms. The summed E-state index contributed by atoms with van der Waals surface area (Å²) in [5.41, 5.74) is 0.0176. The molecular weight excluding hydrogens is 513 g/mol. The molecule has 1 aliphatic rings. The van der Waals surface area contributed by atoms with Crippen molar-refractivity contribution in [3.05, 3.63) is 57.8 Å². The quantitative estimate of drug-likeness (QED) is 0.392. The second-order valence-electron chi connectivity index (χ2n) is 10.7. The summed E-state index contributed by atoms with van der Waals surface area (Å²) in [7, 11) is 1.83. The molecule has 2 N–H and O–H groups in total. The van der Waals surface area contributed by atoms with Crippen molar-refractivity contribution in [1.82, 2.24) is 10.3 Å². The third-order valence-electron chi connectivity index (χ3n) is 6.97. The van der Waals surface area contributed by atoms with Gasteiger partial charge in [-0.15, -0.1) is 11.3 Å². The lowest BCUT2D eigenvalue weighted by Gasteiger charge is -2.31. The van der Waals surface area contributed by atoms with Gasteiger partial charge in [0.05, 0.1) is 17.6 Å². The second-order valence-corrected chi connectivity index (χ2v) is 11.7. The molecule has 0 aliphatic carbocycles. The maximum atomic E-state index is 13.9. The largest absolute Gasteiger partial charge is 0.491 e. The highest BCUT2D eigenvalue weighted by Gasteiger charge is 2.37. The third-order valence-corrected chi connectivity index (χ3v) is 7.84. The summed E-state index contributed by atoms with van der Waals surface area (Å²) in [5, 5.41) is 16.6. The molecule has 1 aliphatic heterocycles. The number of allylic oxidation sites excluding steroid dienone is 3. The van der Waals surface area contributed by atoms with Crippen molar-refractivity contribution in [1.29, 1.82) is 0 Å². The highest BCUT2D eigenvalue weighted by molar-refractivity contribution is 7.09. The Morgan fingerprint density at radius 1 is 1.37 bits per heavy atom. The van der Waals surface area contributed by atoms with Gasteiger partial charge in [0.15, 0.2) is 0 Å². The standard InChI is InChI=1S/C29H41F3N2O3S/c1-18-9-8-10-22(29(30,31)32)11-12-24(19(2)15-23-17-38-25(34-23)16-33-7)37-20(3)13-14-28(5,6)27(36)21(4)26(18)35/h8-9,11,15,17-18,21,24,26,33,35H,3,10,12-14,16H2,1-2,4-7H3/b9-8+,19-15+,22-11+. The van der Waals surface area contributed by atoms with Gasteiger partial charge in [0.1, 0.15) is 16.9 Å². The fourth-order valence-electron chi connectivity index (χ4n) is 4.43. The van der Waals surface area contributed by atoms with Crippen LogP contribution < -0.4 is 5.32 Å². The predicted octanol–water partition coefficient (Wildman–Crippen LogP) is 7.01. The Labute approximate surface area is 228 Å². The summed E-state index contributed by atoms with van der Waals surface area (Å²) in [6, 6.07) is 0. The van der Waals surface area contributed by atoms with Gasteiger partial charge in [-0.05, 0) is 38.5 Å². The van der Waals surface area contributed by atoms with Gasteiger partial charge in [0.25, 0.3) is 0 Å². The number of hydrogen-bond acceptors (Lipinski definition) is 6. The number of nitrogens with one attached hydrogen (secondary N) is 1. The van der Waals surface area contributed by atoms with Gasteiger partial charge in [-0.25, -0.2) is 4.98 Å². The van der Waals surface area contributed by atoms with Gasteiger partial charge >= 0.3 is 6.18 Å². The molecule has 1 aromatic rings. The highest BCUT2D eigenvalue weighted by atomic mass is 32.1. The molecule has 38 heavy (non-hydrogen) atoms. The summed E-state index contributed by atoms with van der Waals surface area (Å²) in [6.45, 7) is 13.5. The minimum absolute atomic E-state index is 0.00488. The zero-order valence-corrected chi connectivity index (χ0v) is 24.0. The molecule has 0 radical (unpaired) electrons. The predicted molar refractivity (Wildman–Crippen MR) is 147 cm³/mol. The Balaban J connectivity index is 2.44. The number of aromatic nitrogens is 1. The third kappa shape index (κ3) is 9.20. The van der Waals surface area contributed by atoms with E-state index in [1.54, 1.807) is 19.9 Å². The smallest absolute Gasteiger partial charge is 0.412 e. The van der Waals surface area contributed by atoms with E-state index in [4.69, 9.17) is 4.74 Å². The lowest BCUT2D eigenvalue weighted by molar-refractivity contribution is -0.135. The van der Waals surface area contributed by atoms with Crippen molar-refractivity contribution in [3.8, 4) is 0 Å². The number of aliphatic hydroxyl groups is 1. The number of carbonyl (C=O) groups excluding carboxylic acids is 1. The topological polar surface area (TPSA) is 71.5 Å². The fourth-order valence-corrected chi connectivity index (χ4v) is 5.19. The van der Waals surface area contributed by atoms with Crippen LogP contribution in [0.25, 0.3) is 6.08 Å². The lowest BCUT2D eigenvalue weighted by Crippen LogP contribution is -2.38. The van der Waals surface area contributed by atoms with Crippen LogP contribution in [0.4, 0.5) is 13.2 Å². The SMILES string of the molecule is C=C1CCC(C)(C)C(=O)C(C)C(O)C(C)/C=C/C/C(C(F)(F)F)=C\CC(/C(C)=C/c2csc(CNC)n2)O1. The molecule has 1 aromatic heterocycles. The number of nitrogens with zero attached hydrogens (tertiary/aromatic N) is 1. The molecule has 212 valence electrons. The van der Waals surface area contributed by atoms with Crippen molar-refractivity contribution >= 4 is 23.2 Å². The van der Waals surface area contributed by atoms with E-state index in [1.807, 2.05) is 39.3 Å². The first-order valence-corrected chi connectivity index (χ1v) is 13.8. The molecule has 2 heterocycles. The summed E-state index contributed by atoms with van der Waals surface area (Å²) in [6.07, 6.45) is 0.229. The monoisotopic (exact) mass is 554 g/mol. The maximum absolute atomic E-state index is 13.9. The van der Waals surface area contributed by atoms with Crippen LogP contribution in [0.1, 0.15) is 71.0 Å². The first-order valence-electron chi connectivity index (χ1n) is 12.9. The summed E-state index contributed by atoms with van der Waals surface area (Å²) >= 11 is 1.50. The van der Waals surface area contributed by atoms with Crippen LogP contribution in [-0.4, -0.2) is 41.3 Å². The summed E-state index contributed by atoms with van der Waals surface area (Å²) in [5.74, 6) is -0.856. The Hall–Kier alpha value is -2.23. The number of Topliss-reactive ketones (excluding diaryl/α,β-unsaturated/α-hetero) is 1. The van der Waals surface area contributed by atoms with Crippen molar-refractivity contribution in [2.24, 2.45) is 17.3 Å². The van der Waals surface area contributed by atoms with Crippen LogP contribution in [0.3, 0.4) is 0 Å². The highest BCUT2D eigenvalue weighted by Crippen LogP contribution is 2.34. The van der Waals surface area contributed by atoms with Gasteiger partial charge < -0.3 is 15.2 Å². The van der Waals surface area contributed by atoms with Crippen LogP contribution in [0.15, 0.2) is 47.1 Å². The Bertz CT molecular complexity index is 1060. The van der Waals surface area contributed by atoms with Crippen molar-refractivity contribution in [3.63, 3.8) is 0 Å². The first kappa shape index (κ1) is 32.0. The second kappa shape index (κ2) is 13.7. The molecule has 4 unspecified atom stereocenters. The zero-order valence-electron chi connectivity index (χ0n) is 23.2. The molecular formula is C29H41F3N2O3S. The molecule has 0 saturated carbocycles. The number of ketones is 1. The van der Waals surface area contributed by atoms with Crippen molar-refractivity contribution < 1.29 is 27.8 Å². The Morgan fingerprint density at radius 2 is 2.05 bits per heavy atom. The minimum Gasteiger partial charge on any atom is -0.491 e. The van der Waals surface area contributed by atoms with Crippen LogP contribution in [0, 0.1) is 17.3 Å². The van der Waals surface area contributed by atoms with Crippen LogP contribution in [-0.2, 0) is 16.1 Å². The number of ether oxygens (including phenoxy) is 1. The average molecular weight is 555 g/mol. The average Bonchev–Trinajstić information content (AvgIpc) is 3.27. The lowest BCUT2D eigenvalue weighted by atomic mass is 9.75. The van der Waals surface area contributed by atoms with Gasteiger partial charge in [-0.2, -0.15) is 13.2 Å². The number of halogens is 3. The molecule has 0 saturated heterocycles. The first-order chi connectivity index (χ1) is 17.7. The van der Waals surface area contributed by atoms with Crippen LogP contribution in [0.5, 0.6) is 0 Å². The number of carbonyl (C=O) groups is 1. The molecule has 4 atom stereocenters. The van der Waals surface area contributed by atoms with E-state index in [-0.39, 0.29) is 18.6 Å². The molecule has 0 fully saturated rings. The molecule has 0 aromatic carbocycles. The van der Waals surface area contributed by atoms with E-state index < -0.39 is 41.2 Å². The van der Waals surface area contributed by atoms with E-state index in [2.05, 4.69) is 16.9 Å². The van der Waals surface area contributed by atoms with Crippen LogP contribution >= 0.6 is 11.3 Å². The number of aliphatic hydroxyl groups excluding tert-OH is 1. The number of thiazole rings is 1. The van der Waals surface area contributed by atoms with E-state index in [1.165, 1.54) is 23.5 Å². The number of alkyl halides is 3. The number of rotatable bonds is 4. The summed E-state index contributed by atoms with van der Waals surface area (Å²) < 4.78 is 47.7. The normalized spacial score (nSPS) is 28.9. The van der Waals surface area contributed by atoms with Gasteiger partial charge in [0.2, 0.25) is 0 Å². The molecule has 2 rings (SSSR count). The molecule has 9 heteroatoms. The Morgan fingerprint density at radius 3 is 2.68 bits per heavy atom. The molecule has 0 bridgehead atoms. The molecule has 0 amide bonds. The maximum Gasteiger partial charge on any atom is 0.412 e.